The van der Waals surface area contributed by atoms with Crippen LogP contribution < -0.4 is 0 Å². The fourth-order valence-corrected chi connectivity index (χ4v) is 1.31. The Balaban J connectivity index is 0. The van der Waals surface area contributed by atoms with E-state index < -0.39 is 0 Å². The molecule has 0 aromatic rings. The topological polar surface area (TPSA) is 52.6 Å². The molecule has 0 fully saturated rings. The Kier molecular flexibility index (Phi) is 18.1. The Bertz CT molecular complexity index is 214. The molecule has 0 saturated carbocycles. The van der Waals surface area contributed by atoms with Gasteiger partial charge < -0.3 is 9.47 Å². The monoisotopic (exact) mass is 274 g/mol. The zero-order valence-electron chi connectivity index (χ0n) is 13.0. The van der Waals surface area contributed by atoms with Gasteiger partial charge >= 0.3 is 11.9 Å². The van der Waals surface area contributed by atoms with Crippen LogP contribution in [0.25, 0.3) is 0 Å². The first-order valence-electron chi connectivity index (χ1n) is 7.31. The molecular weight excluding hydrogens is 244 g/mol. The third-order valence-electron chi connectivity index (χ3n) is 2.36. The molecule has 0 N–H and O–H groups in total. The smallest absolute Gasteiger partial charge is 0.302 e. The SMILES string of the molecule is CCCCCCOC(C)=O.CCCCCOC(C)=O. The van der Waals surface area contributed by atoms with Gasteiger partial charge in [0, 0.05) is 13.8 Å². The zero-order chi connectivity index (χ0) is 14.9. The third kappa shape index (κ3) is 26.5. The summed E-state index contributed by atoms with van der Waals surface area (Å²) in [4.78, 5) is 20.4. The Hall–Kier alpha value is -1.06. The van der Waals surface area contributed by atoms with Gasteiger partial charge in [-0.15, -0.1) is 0 Å². The minimum Gasteiger partial charge on any atom is -0.466 e. The average molecular weight is 274 g/mol. The lowest BCUT2D eigenvalue weighted by Crippen LogP contribution is -1.99. The molecule has 0 aromatic carbocycles. The first-order valence-corrected chi connectivity index (χ1v) is 7.31. The van der Waals surface area contributed by atoms with E-state index >= 15 is 0 Å². The van der Waals surface area contributed by atoms with Gasteiger partial charge in [-0.2, -0.15) is 0 Å². The lowest BCUT2D eigenvalue weighted by Gasteiger charge is -1.99. The van der Waals surface area contributed by atoms with Gasteiger partial charge in [-0.05, 0) is 12.8 Å². The van der Waals surface area contributed by atoms with Gasteiger partial charge in [0.1, 0.15) is 0 Å². The number of carbonyl (C=O) groups is 2. The normalized spacial score (nSPS) is 9.26. The molecule has 0 aliphatic rings. The lowest BCUT2D eigenvalue weighted by atomic mass is 10.2. The van der Waals surface area contributed by atoms with E-state index in [0.717, 1.165) is 19.3 Å². The summed E-state index contributed by atoms with van der Waals surface area (Å²) in [5.41, 5.74) is 0. The maximum atomic E-state index is 10.3. The lowest BCUT2D eigenvalue weighted by molar-refractivity contribution is -0.142. The van der Waals surface area contributed by atoms with Crippen molar-refractivity contribution in [1.82, 2.24) is 0 Å². The van der Waals surface area contributed by atoms with Crippen LogP contribution in [0, 0.1) is 0 Å². The second-order valence-corrected chi connectivity index (χ2v) is 4.45. The molecule has 4 nitrogen and oxygen atoms in total. The van der Waals surface area contributed by atoms with E-state index in [2.05, 4.69) is 13.8 Å². The fourth-order valence-electron chi connectivity index (χ4n) is 1.31. The number of ether oxygens (including phenoxy) is 2. The molecule has 0 aromatic heterocycles. The van der Waals surface area contributed by atoms with Gasteiger partial charge in [-0.1, -0.05) is 46.0 Å². The molecular formula is C15H30O4. The van der Waals surface area contributed by atoms with E-state index in [1.54, 1.807) is 0 Å². The van der Waals surface area contributed by atoms with Crippen LogP contribution in [-0.2, 0) is 19.1 Å². The van der Waals surface area contributed by atoms with Gasteiger partial charge in [0.2, 0.25) is 0 Å². The van der Waals surface area contributed by atoms with E-state index in [4.69, 9.17) is 9.47 Å². The summed E-state index contributed by atoms with van der Waals surface area (Å²) in [7, 11) is 0. The van der Waals surface area contributed by atoms with Crippen molar-refractivity contribution in [2.24, 2.45) is 0 Å². The number of unbranched alkanes of at least 4 members (excludes halogenated alkanes) is 5. The van der Waals surface area contributed by atoms with E-state index in [0.29, 0.717) is 13.2 Å². The predicted octanol–water partition coefficient (Wildman–Crippen LogP) is 3.87. The van der Waals surface area contributed by atoms with E-state index in [-0.39, 0.29) is 11.9 Å². The summed E-state index contributed by atoms with van der Waals surface area (Å²) in [6, 6.07) is 0. The van der Waals surface area contributed by atoms with Crippen LogP contribution in [0.1, 0.15) is 72.6 Å². The first-order chi connectivity index (χ1) is 9.04. The van der Waals surface area contributed by atoms with E-state index in [9.17, 15) is 9.59 Å². The molecule has 0 radical (unpaired) electrons. The summed E-state index contributed by atoms with van der Waals surface area (Å²) < 4.78 is 9.45. The van der Waals surface area contributed by atoms with Crippen LogP contribution in [0.4, 0.5) is 0 Å². The molecule has 19 heavy (non-hydrogen) atoms. The van der Waals surface area contributed by atoms with Crippen molar-refractivity contribution < 1.29 is 19.1 Å². The van der Waals surface area contributed by atoms with E-state index in [1.807, 2.05) is 0 Å². The molecule has 0 atom stereocenters. The van der Waals surface area contributed by atoms with Crippen LogP contribution in [0.5, 0.6) is 0 Å². The number of rotatable bonds is 9. The molecule has 0 aliphatic carbocycles. The maximum Gasteiger partial charge on any atom is 0.302 e. The second kappa shape index (κ2) is 16.9. The van der Waals surface area contributed by atoms with Crippen molar-refractivity contribution in [3.8, 4) is 0 Å². The Labute approximate surface area is 117 Å². The van der Waals surface area contributed by atoms with Crippen LogP contribution in [0.3, 0.4) is 0 Å². The molecule has 0 spiro atoms. The maximum absolute atomic E-state index is 10.3. The summed E-state index contributed by atoms with van der Waals surface area (Å²) >= 11 is 0. The van der Waals surface area contributed by atoms with Gasteiger partial charge in [0.05, 0.1) is 13.2 Å². The summed E-state index contributed by atoms with van der Waals surface area (Å²) in [5.74, 6) is -0.345. The fraction of sp³-hybridized carbons (Fsp3) is 0.867. The molecule has 0 saturated heterocycles. The standard InChI is InChI=1S/C8H16O2.C7H14O2/c1-3-4-5-6-7-10-8(2)9;1-3-4-5-6-9-7(2)8/h3-7H2,1-2H3;3-6H2,1-2H3. The highest BCUT2D eigenvalue weighted by Gasteiger charge is 1.91. The number of esters is 2. The Morgan fingerprint density at radius 2 is 1.05 bits per heavy atom. The van der Waals surface area contributed by atoms with Gasteiger partial charge in [0.25, 0.3) is 0 Å². The number of hydrogen-bond acceptors (Lipinski definition) is 4. The van der Waals surface area contributed by atoms with Gasteiger partial charge in [-0.25, -0.2) is 0 Å². The third-order valence-corrected chi connectivity index (χ3v) is 2.36. The highest BCUT2D eigenvalue weighted by molar-refractivity contribution is 5.66. The van der Waals surface area contributed by atoms with Gasteiger partial charge in [0.15, 0.2) is 0 Å². The first kappa shape index (κ1) is 20.3. The molecule has 4 heteroatoms. The molecule has 0 amide bonds. The summed E-state index contributed by atoms with van der Waals surface area (Å²) in [5, 5.41) is 0. The largest absolute Gasteiger partial charge is 0.466 e. The van der Waals surface area contributed by atoms with Crippen molar-refractivity contribution in [2.75, 3.05) is 13.2 Å². The van der Waals surface area contributed by atoms with Crippen molar-refractivity contribution in [3.63, 3.8) is 0 Å². The molecule has 0 aliphatic heterocycles. The molecule has 0 unspecified atom stereocenters. The summed E-state index contributed by atoms with van der Waals surface area (Å²) in [6.07, 6.45) is 7.95. The number of carbonyl (C=O) groups excluding carboxylic acids is 2. The van der Waals surface area contributed by atoms with E-state index in [1.165, 1.54) is 39.5 Å². The highest BCUT2D eigenvalue weighted by atomic mass is 16.5. The second-order valence-electron chi connectivity index (χ2n) is 4.45. The van der Waals surface area contributed by atoms with Crippen LogP contribution in [0.2, 0.25) is 0 Å². The van der Waals surface area contributed by atoms with Crippen LogP contribution in [0.15, 0.2) is 0 Å². The van der Waals surface area contributed by atoms with Crippen molar-refractivity contribution in [3.05, 3.63) is 0 Å². The molecule has 0 heterocycles. The minimum atomic E-state index is -0.175. The predicted molar refractivity (Wildman–Crippen MR) is 76.9 cm³/mol. The number of hydrogen-bond donors (Lipinski definition) is 0. The van der Waals surface area contributed by atoms with Crippen molar-refractivity contribution >= 4 is 11.9 Å². The Morgan fingerprint density at radius 3 is 1.42 bits per heavy atom. The molecule has 0 rings (SSSR count). The molecule has 0 bridgehead atoms. The van der Waals surface area contributed by atoms with Crippen LogP contribution in [-0.4, -0.2) is 25.2 Å². The molecule has 114 valence electrons. The van der Waals surface area contributed by atoms with Crippen molar-refractivity contribution in [2.45, 2.75) is 72.6 Å². The minimum absolute atomic E-state index is 0.170. The van der Waals surface area contributed by atoms with Gasteiger partial charge in [-0.3, -0.25) is 9.59 Å². The Morgan fingerprint density at radius 1 is 0.684 bits per heavy atom. The van der Waals surface area contributed by atoms with Crippen molar-refractivity contribution in [1.29, 1.82) is 0 Å². The highest BCUT2D eigenvalue weighted by Crippen LogP contribution is 1.98. The zero-order valence-corrected chi connectivity index (χ0v) is 13.0. The summed E-state index contributed by atoms with van der Waals surface area (Å²) in [6.45, 7) is 8.34. The average Bonchev–Trinajstić information content (AvgIpc) is 2.35. The quantitative estimate of drug-likeness (QED) is 0.473. The van der Waals surface area contributed by atoms with Crippen LogP contribution >= 0.6 is 0 Å².